The molecule has 6 nitrogen and oxygen atoms in total. The highest BCUT2D eigenvalue weighted by molar-refractivity contribution is 9.10. The number of phenols is 1. The van der Waals surface area contributed by atoms with Crippen molar-refractivity contribution in [1.82, 2.24) is 4.98 Å². The van der Waals surface area contributed by atoms with E-state index in [1.807, 2.05) is 0 Å². The van der Waals surface area contributed by atoms with Gasteiger partial charge in [-0.3, -0.25) is 14.5 Å². The quantitative estimate of drug-likeness (QED) is 0.198. The molecule has 2 heterocycles. The van der Waals surface area contributed by atoms with Gasteiger partial charge in [-0.05, 0) is 35.9 Å². The SMILES string of the molecule is O=C1C(=O)N(c2nc3c(F)cc(F)cc3s2)C(c2ccc(O)cc2)/C1=C(\O)c1ccc(Br)cc1. The molecule has 5 rings (SSSR count). The van der Waals surface area contributed by atoms with Crippen LogP contribution in [0.2, 0.25) is 0 Å². The molecule has 2 N–H and O–H groups in total. The average Bonchev–Trinajstić information content (AvgIpc) is 3.33. The molecule has 3 aromatic carbocycles. The van der Waals surface area contributed by atoms with Crippen LogP contribution in [0, 0.1) is 11.6 Å². The van der Waals surface area contributed by atoms with Gasteiger partial charge < -0.3 is 10.2 Å². The minimum atomic E-state index is -1.11. The third-order valence-electron chi connectivity index (χ3n) is 5.38. The Balaban J connectivity index is 1.74. The molecule has 1 saturated heterocycles. The van der Waals surface area contributed by atoms with Crippen LogP contribution in [0.25, 0.3) is 16.0 Å². The molecule has 170 valence electrons. The topological polar surface area (TPSA) is 90.7 Å². The highest BCUT2D eigenvalue weighted by Gasteiger charge is 2.48. The average molecular weight is 543 g/mol. The number of ketones is 1. The Morgan fingerprint density at radius 3 is 2.38 bits per heavy atom. The van der Waals surface area contributed by atoms with Crippen molar-refractivity contribution in [3.63, 3.8) is 0 Å². The Morgan fingerprint density at radius 1 is 1.03 bits per heavy atom. The number of anilines is 1. The number of aromatic hydroxyl groups is 1. The minimum Gasteiger partial charge on any atom is -0.508 e. The predicted octanol–water partition coefficient (Wildman–Crippen LogP) is 5.67. The number of fused-ring (bicyclic) bond motifs is 1. The van der Waals surface area contributed by atoms with Gasteiger partial charge >= 0.3 is 5.91 Å². The largest absolute Gasteiger partial charge is 0.508 e. The van der Waals surface area contributed by atoms with Gasteiger partial charge in [0.15, 0.2) is 10.9 Å². The number of halogens is 3. The van der Waals surface area contributed by atoms with Crippen LogP contribution in [-0.2, 0) is 9.59 Å². The van der Waals surface area contributed by atoms with Gasteiger partial charge in [0.1, 0.15) is 22.8 Å². The number of carbonyl (C=O) groups excluding carboxylic acids is 2. The molecule has 4 aromatic rings. The van der Waals surface area contributed by atoms with Crippen molar-refractivity contribution in [2.75, 3.05) is 4.90 Å². The van der Waals surface area contributed by atoms with Crippen LogP contribution in [0.3, 0.4) is 0 Å². The lowest BCUT2D eigenvalue weighted by atomic mass is 9.95. The Morgan fingerprint density at radius 2 is 1.71 bits per heavy atom. The summed E-state index contributed by atoms with van der Waals surface area (Å²) in [7, 11) is 0. The molecule has 0 spiro atoms. The van der Waals surface area contributed by atoms with Gasteiger partial charge in [-0.2, -0.15) is 0 Å². The first-order valence-corrected chi connectivity index (χ1v) is 11.5. The number of hydrogen-bond acceptors (Lipinski definition) is 6. The minimum absolute atomic E-state index is 0.0328. The number of hydrogen-bond donors (Lipinski definition) is 2. The van der Waals surface area contributed by atoms with Crippen molar-refractivity contribution in [2.24, 2.45) is 0 Å². The molecule has 0 saturated carbocycles. The predicted molar refractivity (Wildman–Crippen MR) is 127 cm³/mol. The number of aromatic nitrogens is 1. The molecule has 1 aromatic heterocycles. The van der Waals surface area contributed by atoms with Crippen LogP contribution in [0.15, 0.2) is 70.7 Å². The van der Waals surface area contributed by atoms with Crippen LogP contribution in [0.4, 0.5) is 13.9 Å². The molecule has 0 radical (unpaired) electrons. The standard InChI is InChI=1S/C24H13BrF2N2O4S/c25-13-5-1-12(2-6-13)21(31)18-20(11-3-7-15(30)8-4-11)29(23(33)22(18)32)24-28-19-16(27)9-14(26)10-17(19)34-24/h1-10,20,30-31H/b21-18+. The number of phenolic OH excluding ortho intramolecular Hbond substituents is 1. The first kappa shape index (κ1) is 22.2. The van der Waals surface area contributed by atoms with Gasteiger partial charge in [-0.15, -0.1) is 0 Å². The maximum absolute atomic E-state index is 14.3. The number of aliphatic hydroxyl groups is 1. The Labute approximate surface area is 203 Å². The summed E-state index contributed by atoms with van der Waals surface area (Å²) in [5.41, 5.74) is 0.383. The zero-order valence-electron chi connectivity index (χ0n) is 17.0. The number of nitrogens with zero attached hydrogens (tertiary/aromatic N) is 2. The van der Waals surface area contributed by atoms with E-state index in [1.165, 1.54) is 24.3 Å². The van der Waals surface area contributed by atoms with Gasteiger partial charge in [-0.25, -0.2) is 13.8 Å². The second kappa shape index (κ2) is 8.30. The molecule has 1 fully saturated rings. The molecular formula is C24H13BrF2N2O4S. The van der Waals surface area contributed by atoms with Crippen molar-refractivity contribution in [3.8, 4) is 5.75 Å². The van der Waals surface area contributed by atoms with Crippen LogP contribution in [0.5, 0.6) is 5.75 Å². The van der Waals surface area contributed by atoms with E-state index in [2.05, 4.69) is 20.9 Å². The third kappa shape index (κ3) is 3.64. The number of aliphatic hydroxyl groups excluding tert-OH is 1. The van der Waals surface area contributed by atoms with Crippen LogP contribution in [-0.4, -0.2) is 26.9 Å². The summed E-state index contributed by atoms with van der Waals surface area (Å²) in [6, 6.07) is 12.9. The first-order valence-electron chi connectivity index (χ1n) is 9.86. The lowest BCUT2D eigenvalue weighted by Crippen LogP contribution is -2.29. The van der Waals surface area contributed by atoms with Crippen molar-refractivity contribution in [1.29, 1.82) is 0 Å². The molecule has 1 atom stereocenters. The van der Waals surface area contributed by atoms with Crippen molar-refractivity contribution in [2.45, 2.75) is 6.04 Å². The highest BCUT2D eigenvalue weighted by Crippen LogP contribution is 2.44. The number of Topliss-reactive ketones (excluding diaryl/α,β-unsaturated/α-hetero) is 1. The molecule has 34 heavy (non-hydrogen) atoms. The number of rotatable bonds is 3. The van der Waals surface area contributed by atoms with E-state index in [9.17, 15) is 28.6 Å². The summed E-state index contributed by atoms with van der Waals surface area (Å²) >= 11 is 4.15. The summed E-state index contributed by atoms with van der Waals surface area (Å²) in [4.78, 5) is 31.5. The second-order valence-electron chi connectivity index (χ2n) is 7.50. The van der Waals surface area contributed by atoms with Gasteiger partial charge in [0, 0.05) is 16.1 Å². The Bertz CT molecular complexity index is 1500. The van der Waals surface area contributed by atoms with E-state index in [0.29, 0.717) is 17.2 Å². The maximum atomic E-state index is 14.3. The molecule has 1 aliphatic heterocycles. The van der Waals surface area contributed by atoms with Gasteiger partial charge in [-0.1, -0.05) is 51.5 Å². The molecular weight excluding hydrogens is 530 g/mol. The lowest BCUT2D eigenvalue weighted by molar-refractivity contribution is -0.132. The number of amides is 1. The van der Waals surface area contributed by atoms with E-state index in [-0.39, 0.29) is 26.7 Å². The summed E-state index contributed by atoms with van der Waals surface area (Å²) in [5.74, 6) is -4.06. The smallest absolute Gasteiger partial charge is 0.301 e. The fourth-order valence-electron chi connectivity index (χ4n) is 3.81. The zero-order chi connectivity index (χ0) is 24.1. The summed E-state index contributed by atoms with van der Waals surface area (Å²) in [5, 5.41) is 20.7. The van der Waals surface area contributed by atoms with E-state index >= 15 is 0 Å². The summed E-state index contributed by atoms with van der Waals surface area (Å²) in [6.45, 7) is 0. The molecule has 1 amide bonds. The Kier molecular flexibility index (Phi) is 5.41. The van der Waals surface area contributed by atoms with Crippen LogP contribution >= 0.6 is 27.3 Å². The van der Waals surface area contributed by atoms with E-state index in [1.54, 1.807) is 24.3 Å². The van der Waals surface area contributed by atoms with Crippen molar-refractivity contribution < 1.29 is 28.6 Å². The number of benzene rings is 3. The lowest BCUT2D eigenvalue weighted by Gasteiger charge is -2.23. The molecule has 1 aliphatic rings. The van der Waals surface area contributed by atoms with Crippen molar-refractivity contribution in [3.05, 3.63) is 93.5 Å². The molecule has 10 heteroatoms. The van der Waals surface area contributed by atoms with E-state index < -0.39 is 35.1 Å². The number of thiazole rings is 1. The highest BCUT2D eigenvalue weighted by atomic mass is 79.9. The van der Waals surface area contributed by atoms with E-state index in [0.717, 1.165) is 26.8 Å². The number of carbonyl (C=O) groups is 2. The summed E-state index contributed by atoms with van der Waals surface area (Å²) in [6.07, 6.45) is 0. The molecule has 0 bridgehead atoms. The van der Waals surface area contributed by atoms with Crippen LogP contribution in [0.1, 0.15) is 17.2 Å². The van der Waals surface area contributed by atoms with Gasteiger partial charge in [0.25, 0.3) is 5.78 Å². The monoisotopic (exact) mass is 542 g/mol. The van der Waals surface area contributed by atoms with Crippen molar-refractivity contribution >= 4 is 60.1 Å². The first-order chi connectivity index (χ1) is 16.2. The zero-order valence-corrected chi connectivity index (χ0v) is 19.4. The third-order valence-corrected chi connectivity index (χ3v) is 6.91. The normalized spacial score (nSPS) is 17.6. The maximum Gasteiger partial charge on any atom is 0.301 e. The second-order valence-corrected chi connectivity index (χ2v) is 9.42. The fourth-order valence-corrected chi connectivity index (χ4v) is 5.11. The van der Waals surface area contributed by atoms with Crippen LogP contribution < -0.4 is 4.90 Å². The fraction of sp³-hybridized carbons (Fsp3) is 0.0417. The molecule has 0 aliphatic carbocycles. The van der Waals surface area contributed by atoms with Gasteiger partial charge in [0.05, 0.1) is 16.3 Å². The summed E-state index contributed by atoms with van der Waals surface area (Å²) < 4.78 is 28.9. The van der Waals surface area contributed by atoms with Gasteiger partial charge in [0.2, 0.25) is 0 Å². The Hall–Kier alpha value is -3.63. The molecule has 1 unspecified atom stereocenters. The van der Waals surface area contributed by atoms with E-state index in [4.69, 9.17) is 0 Å².